The van der Waals surface area contributed by atoms with Gasteiger partial charge < -0.3 is 9.84 Å². The smallest absolute Gasteiger partial charge is 0.216 e. The van der Waals surface area contributed by atoms with E-state index in [1.165, 1.54) is 0 Å². The van der Waals surface area contributed by atoms with Gasteiger partial charge in [-0.1, -0.05) is 13.8 Å². The number of aliphatic imine (C=N–C) groups is 1. The summed E-state index contributed by atoms with van der Waals surface area (Å²) in [6, 6.07) is 0.214. The molecule has 0 aromatic rings. The SMILES string of the molecule is CC(C)[C@H]1COC(C(C)(C)O)=N1. The van der Waals surface area contributed by atoms with E-state index >= 15 is 0 Å². The number of hydrogen-bond donors (Lipinski definition) is 1. The zero-order chi connectivity index (χ0) is 9.35. The molecule has 12 heavy (non-hydrogen) atoms. The Balaban J connectivity index is 2.66. The third-order valence-electron chi connectivity index (χ3n) is 1.97. The van der Waals surface area contributed by atoms with Crippen LogP contribution in [0.15, 0.2) is 4.99 Å². The van der Waals surface area contributed by atoms with Crippen LogP contribution in [0.4, 0.5) is 0 Å². The number of ether oxygens (including phenoxy) is 1. The zero-order valence-electron chi connectivity index (χ0n) is 8.16. The summed E-state index contributed by atoms with van der Waals surface area (Å²) >= 11 is 0. The third kappa shape index (κ3) is 1.97. The molecule has 0 fully saturated rings. The Morgan fingerprint density at radius 1 is 1.58 bits per heavy atom. The number of hydrogen-bond acceptors (Lipinski definition) is 3. The van der Waals surface area contributed by atoms with Gasteiger partial charge in [0.05, 0.1) is 6.04 Å². The largest absolute Gasteiger partial charge is 0.477 e. The maximum Gasteiger partial charge on any atom is 0.216 e. The minimum absolute atomic E-state index is 0.214. The first-order valence-electron chi connectivity index (χ1n) is 4.34. The highest BCUT2D eigenvalue weighted by Crippen LogP contribution is 2.18. The summed E-state index contributed by atoms with van der Waals surface area (Å²) in [7, 11) is 0. The molecule has 0 amide bonds. The van der Waals surface area contributed by atoms with Gasteiger partial charge in [-0.05, 0) is 19.8 Å². The Bertz CT molecular complexity index is 191. The molecular weight excluding hydrogens is 154 g/mol. The van der Waals surface area contributed by atoms with Gasteiger partial charge >= 0.3 is 0 Å². The summed E-state index contributed by atoms with van der Waals surface area (Å²) in [6.45, 7) is 8.19. The van der Waals surface area contributed by atoms with Gasteiger partial charge in [-0.2, -0.15) is 0 Å². The lowest BCUT2D eigenvalue weighted by Crippen LogP contribution is -2.31. The summed E-state index contributed by atoms with van der Waals surface area (Å²) in [6.07, 6.45) is 0. The Hall–Kier alpha value is -0.570. The predicted octanol–water partition coefficient (Wildman–Crippen LogP) is 1.21. The van der Waals surface area contributed by atoms with Crippen molar-refractivity contribution in [2.75, 3.05) is 6.61 Å². The standard InChI is InChI=1S/C9H17NO2/c1-6(2)7-5-12-8(10-7)9(3,4)11/h6-7,11H,5H2,1-4H3/t7-/m1/s1. The minimum atomic E-state index is -0.927. The van der Waals surface area contributed by atoms with Crippen LogP contribution in [0.5, 0.6) is 0 Å². The van der Waals surface area contributed by atoms with Crippen molar-refractivity contribution >= 4 is 5.90 Å². The van der Waals surface area contributed by atoms with Crippen molar-refractivity contribution in [2.24, 2.45) is 10.9 Å². The van der Waals surface area contributed by atoms with E-state index < -0.39 is 5.60 Å². The first-order chi connectivity index (χ1) is 5.41. The molecule has 0 unspecified atom stereocenters. The van der Waals surface area contributed by atoms with Gasteiger partial charge in [-0.25, -0.2) is 4.99 Å². The van der Waals surface area contributed by atoms with Crippen LogP contribution >= 0.6 is 0 Å². The van der Waals surface area contributed by atoms with Gasteiger partial charge in [-0.15, -0.1) is 0 Å². The Kier molecular flexibility index (Phi) is 2.42. The van der Waals surface area contributed by atoms with Crippen molar-refractivity contribution < 1.29 is 9.84 Å². The molecule has 1 rings (SSSR count). The molecule has 1 heterocycles. The molecule has 0 spiro atoms. The van der Waals surface area contributed by atoms with Crippen molar-refractivity contribution in [1.29, 1.82) is 0 Å². The zero-order valence-corrected chi connectivity index (χ0v) is 8.16. The van der Waals surface area contributed by atoms with E-state index in [-0.39, 0.29) is 6.04 Å². The van der Waals surface area contributed by atoms with Crippen LogP contribution in [0.25, 0.3) is 0 Å². The summed E-state index contributed by atoms with van der Waals surface area (Å²) in [4.78, 5) is 4.30. The van der Waals surface area contributed by atoms with Crippen LogP contribution in [-0.2, 0) is 4.74 Å². The Morgan fingerprint density at radius 3 is 2.42 bits per heavy atom. The van der Waals surface area contributed by atoms with Crippen LogP contribution in [-0.4, -0.2) is 29.3 Å². The van der Waals surface area contributed by atoms with Crippen LogP contribution in [0.3, 0.4) is 0 Å². The van der Waals surface area contributed by atoms with Gasteiger partial charge in [0.15, 0.2) is 0 Å². The van der Waals surface area contributed by atoms with Crippen LogP contribution in [0.2, 0.25) is 0 Å². The molecule has 1 aliphatic rings. The van der Waals surface area contributed by atoms with E-state index in [2.05, 4.69) is 18.8 Å². The quantitative estimate of drug-likeness (QED) is 0.678. The fraction of sp³-hybridized carbons (Fsp3) is 0.889. The molecule has 0 saturated carbocycles. The highest BCUT2D eigenvalue weighted by molar-refractivity contribution is 5.85. The fourth-order valence-electron chi connectivity index (χ4n) is 1.07. The van der Waals surface area contributed by atoms with E-state index in [1.807, 2.05) is 0 Å². The average molecular weight is 171 g/mol. The van der Waals surface area contributed by atoms with Gasteiger partial charge in [-0.3, -0.25) is 0 Å². The Labute approximate surface area is 73.5 Å². The van der Waals surface area contributed by atoms with Crippen molar-refractivity contribution in [3.05, 3.63) is 0 Å². The second kappa shape index (κ2) is 3.05. The Morgan fingerprint density at radius 2 is 2.17 bits per heavy atom. The van der Waals surface area contributed by atoms with Crippen molar-refractivity contribution in [2.45, 2.75) is 39.3 Å². The molecule has 3 heteroatoms. The maximum absolute atomic E-state index is 9.56. The molecule has 1 aliphatic heterocycles. The predicted molar refractivity (Wildman–Crippen MR) is 48.3 cm³/mol. The summed E-state index contributed by atoms with van der Waals surface area (Å²) < 4.78 is 5.29. The van der Waals surface area contributed by atoms with Gasteiger partial charge in [0, 0.05) is 0 Å². The lowest BCUT2D eigenvalue weighted by atomic mass is 10.1. The second-order valence-corrected chi connectivity index (χ2v) is 4.12. The van der Waals surface area contributed by atoms with E-state index in [0.29, 0.717) is 18.4 Å². The highest BCUT2D eigenvalue weighted by Gasteiger charge is 2.31. The van der Waals surface area contributed by atoms with Crippen LogP contribution in [0.1, 0.15) is 27.7 Å². The summed E-state index contributed by atoms with van der Waals surface area (Å²) in [5, 5.41) is 9.56. The second-order valence-electron chi connectivity index (χ2n) is 4.12. The molecule has 3 nitrogen and oxygen atoms in total. The fourth-order valence-corrected chi connectivity index (χ4v) is 1.07. The molecule has 0 bridgehead atoms. The monoisotopic (exact) mass is 171 g/mol. The van der Waals surface area contributed by atoms with E-state index in [4.69, 9.17) is 4.74 Å². The molecule has 0 aromatic heterocycles. The minimum Gasteiger partial charge on any atom is -0.477 e. The molecular formula is C9H17NO2. The van der Waals surface area contributed by atoms with Crippen LogP contribution in [0, 0.1) is 5.92 Å². The molecule has 1 N–H and O–H groups in total. The van der Waals surface area contributed by atoms with E-state index in [9.17, 15) is 5.11 Å². The maximum atomic E-state index is 9.56. The first-order valence-corrected chi connectivity index (χ1v) is 4.34. The molecule has 70 valence electrons. The molecule has 0 radical (unpaired) electrons. The van der Waals surface area contributed by atoms with Gasteiger partial charge in [0.1, 0.15) is 12.2 Å². The van der Waals surface area contributed by atoms with E-state index in [1.54, 1.807) is 13.8 Å². The van der Waals surface area contributed by atoms with Crippen molar-refractivity contribution in [1.82, 2.24) is 0 Å². The first kappa shape index (κ1) is 9.52. The molecule has 0 aromatic carbocycles. The van der Waals surface area contributed by atoms with Crippen molar-refractivity contribution in [3.63, 3.8) is 0 Å². The number of aliphatic hydroxyl groups is 1. The molecule has 0 aliphatic carbocycles. The third-order valence-corrected chi connectivity index (χ3v) is 1.97. The molecule has 0 saturated heterocycles. The molecule has 1 atom stereocenters. The van der Waals surface area contributed by atoms with Crippen molar-refractivity contribution in [3.8, 4) is 0 Å². The van der Waals surface area contributed by atoms with Gasteiger partial charge in [0.25, 0.3) is 0 Å². The van der Waals surface area contributed by atoms with Gasteiger partial charge in [0.2, 0.25) is 5.90 Å². The lowest BCUT2D eigenvalue weighted by Gasteiger charge is -2.15. The lowest BCUT2D eigenvalue weighted by molar-refractivity contribution is 0.120. The number of rotatable bonds is 2. The highest BCUT2D eigenvalue weighted by atomic mass is 16.5. The number of nitrogens with zero attached hydrogens (tertiary/aromatic N) is 1. The summed E-state index contributed by atoms with van der Waals surface area (Å²) in [5.41, 5.74) is -0.927. The van der Waals surface area contributed by atoms with Crippen LogP contribution < -0.4 is 0 Å². The topological polar surface area (TPSA) is 41.8 Å². The van der Waals surface area contributed by atoms with E-state index in [0.717, 1.165) is 0 Å². The normalized spacial score (nSPS) is 24.2. The average Bonchev–Trinajstić information content (AvgIpc) is 2.30. The summed E-state index contributed by atoms with van der Waals surface area (Å²) in [5.74, 6) is 0.950.